The summed E-state index contributed by atoms with van der Waals surface area (Å²) in [7, 11) is 0. The maximum Gasteiger partial charge on any atom is 0.267 e. The average Bonchev–Trinajstić information content (AvgIpc) is 3.37. The number of aromatic amines is 1. The van der Waals surface area contributed by atoms with Crippen molar-refractivity contribution in [3.63, 3.8) is 0 Å². The number of carbonyl (C=O) groups excluding carboxylic acids is 1. The Morgan fingerprint density at radius 3 is 2.62 bits per heavy atom. The molecule has 2 aliphatic carbocycles. The molecule has 4 nitrogen and oxygen atoms in total. The van der Waals surface area contributed by atoms with Gasteiger partial charge in [0.2, 0.25) is 0 Å². The number of hydrogen-bond donors (Lipinski definition) is 3. The maximum absolute atomic E-state index is 12.3. The molecule has 1 aromatic heterocycles. The van der Waals surface area contributed by atoms with Crippen LogP contribution in [0.15, 0.2) is 24.3 Å². The van der Waals surface area contributed by atoms with Crippen LogP contribution in [0.5, 0.6) is 0 Å². The van der Waals surface area contributed by atoms with Crippen molar-refractivity contribution in [1.82, 2.24) is 10.3 Å². The predicted octanol–water partition coefficient (Wildman–Crippen LogP) is 2.92. The Hall–Kier alpha value is -1.97. The SMILES string of the molecule is Nc1ccc2[nH]c(C(=O)NCC(C3CC3)C3CC3)cc2c1. The molecule has 2 aliphatic rings. The van der Waals surface area contributed by atoms with E-state index in [4.69, 9.17) is 5.73 Å². The van der Waals surface area contributed by atoms with E-state index in [1.54, 1.807) is 0 Å². The van der Waals surface area contributed by atoms with Crippen molar-refractivity contribution in [1.29, 1.82) is 0 Å². The lowest BCUT2D eigenvalue weighted by molar-refractivity contribution is 0.0939. The van der Waals surface area contributed by atoms with E-state index in [-0.39, 0.29) is 5.91 Å². The zero-order valence-corrected chi connectivity index (χ0v) is 12.1. The quantitative estimate of drug-likeness (QED) is 0.738. The zero-order chi connectivity index (χ0) is 14.4. The van der Waals surface area contributed by atoms with Crippen LogP contribution in [-0.2, 0) is 0 Å². The first-order valence-electron chi connectivity index (χ1n) is 7.87. The van der Waals surface area contributed by atoms with Crippen LogP contribution in [0.3, 0.4) is 0 Å². The van der Waals surface area contributed by atoms with E-state index in [2.05, 4.69) is 10.3 Å². The monoisotopic (exact) mass is 283 g/mol. The molecule has 0 atom stereocenters. The number of fused-ring (bicyclic) bond motifs is 1. The fraction of sp³-hybridized carbons (Fsp3) is 0.471. The van der Waals surface area contributed by atoms with Gasteiger partial charge in [0.1, 0.15) is 5.69 Å². The number of amides is 1. The minimum atomic E-state index is -0.00364. The van der Waals surface area contributed by atoms with Crippen LogP contribution < -0.4 is 11.1 Å². The number of H-pyrrole nitrogens is 1. The van der Waals surface area contributed by atoms with E-state index in [1.165, 1.54) is 25.7 Å². The molecule has 1 amide bonds. The fourth-order valence-corrected chi connectivity index (χ4v) is 3.35. The number of hydrogen-bond acceptors (Lipinski definition) is 2. The molecule has 0 radical (unpaired) electrons. The van der Waals surface area contributed by atoms with Crippen LogP contribution in [-0.4, -0.2) is 17.4 Å². The molecule has 0 unspecified atom stereocenters. The summed E-state index contributed by atoms with van der Waals surface area (Å²) in [5.74, 6) is 2.42. The summed E-state index contributed by atoms with van der Waals surface area (Å²) in [5, 5.41) is 4.10. The predicted molar refractivity (Wildman–Crippen MR) is 84.0 cm³/mol. The van der Waals surface area contributed by atoms with Crippen molar-refractivity contribution in [2.45, 2.75) is 25.7 Å². The van der Waals surface area contributed by atoms with Crippen LogP contribution in [0.2, 0.25) is 0 Å². The molecule has 21 heavy (non-hydrogen) atoms. The van der Waals surface area contributed by atoms with Crippen LogP contribution in [0.4, 0.5) is 5.69 Å². The molecule has 1 heterocycles. The Morgan fingerprint density at radius 1 is 1.24 bits per heavy atom. The topological polar surface area (TPSA) is 70.9 Å². The molecule has 4 N–H and O–H groups in total. The van der Waals surface area contributed by atoms with Crippen molar-refractivity contribution in [3.05, 3.63) is 30.0 Å². The molecule has 2 aromatic rings. The zero-order valence-electron chi connectivity index (χ0n) is 12.1. The number of aromatic nitrogens is 1. The molecule has 110 valence electrons. The second-order valence-corrected chi connectivity index (χ2v) is 6.58. The van der Waals surface area contributed by atoms with E-state index < -0.39 is 0 Å². The van der Waals surface area contributed by atoms with E-state index in [1.807, 2.05) is 24.3 Å². The van der Waals surface area contributed by atoms with E-state index in [0.29, 0.717) is 11.6 Å². The molecule has 2 fully saturated rings. The van der Waals surface area contributed by atoms with Crippen molar-refractivity contribution in [2.24, 2.45) is 17.8 Å². The first-order valence-corrected chi connectivity index (χ1v) is 7.87. The molecule has 4 heteroatoms. The van der Waals surface area contributed by atoms with Crippen molar-refractivity contribution in [2.75, 3.05) is 12.3 Å². The van der Waals surface area contributed by atoms with Crippen LogP contribution in [0.25, 0.3) is 10.9 Å². The second kappa shape index (κ2) is 4.79. The largest absolute Gasteiger partial charge is 0.399 e. The molecule has 4 rings (SSSR count). The third-order valence-electron chi connectivity index (χ3n) is 4.84. The minimum absolute atomic E-state index is 0.00364. The molecule has 0 saturated heterocycles. The Kier molecular flexibility index (Phi) is 2.91. The number of anilines is 1. The highest BCUT2D eigenvalue weighted by Gasteiger charge is 2.41. The summed E-state index contributed by atoms with van der Waals surface area (Å²) in [5.41, 5.74) is 8.07. The van der Waals surface area contributed by atoms with Gasteiger partial charge in [-0.3, -0.25) is 4.79 Å². The smallest absolute Gasteiger partial charge is 0.267 e. The summed E-state index contributed by atoms with van der Waals surface area (Å²) in [6, 6.07) is 7.53. The third kappa shape index (κ3) is 2.62. The van der Waals surface area contributed by atoms with Crippen molar-refractivity contribution >= 4 is 22.5 Å². The lowest BCUT2D eigenvalue weighted by Gasteiger charge is -2.15. The van der Waals surface area contributed by atoms with Gasteiger partial charge in [0, 0.05) is 23.1 Å². The standard InChI is InChI=1S/C17H21N3O/c18-13-5-6-15-12(7-13)8-16(20-15)17(21)19-9-14(10-1-2-10)11-3-4-11/h5-8,10-11,14,20H,1-4,9,18H2,(H,19,21). The normalized spacial score (nSPS) is 18.3. The highest BCUT2D eigenvalue weighted by atomic mass is 16.1. The molecular formula is C17H21N3O. The van der Waals surface area contributed by atoms with Crippen LogP contribution in [0, 0.1) is 17.8 Å². The number of nitrogens with one attached hydrogen (secondary N) is 2. The van der Waals surface area contributed by atoms with Gasteiger partial charge in [0.25, 0.3) is 5.91 Å². The molecule has 0 aliphatic heterocycles. The summed E-state index contributed by atoms with van der Waals surface area (Å²) in [4.78, 5) is 15.5. The molecular weight excluding hydrogens is 262 g/mol. The molecule has 0 spiro atoms. The first kappa shape index (κ1) is 12.7. The van der Waals surface area contributed by atoms with Gasteiger partial charge in [0.05, 0.1) is 0 Å². The van der Waals surface area contributed by atoms with Gasteiger partial charge in [-0.2, -0.15) is 0 Å². The Balaban J connectivity index is 1.45. The maximum atomic E-state index is 12.3. The number of carbonyl (C=O) groups is 1. The number of benzene rings is 1. The van der Waals surface area contributed by atoms with Crippen molar-refractivity contribution < 1.29 is 4.79 Å². The van der Waals surface area contributed by atoms with E-state index in [0.717, 1.165) is 35.0 Å². The summed E-state index contributed by atoms with van der Waals surface area (Å²) in [6.07, 6.45) is 5.40. The molecule has 1 aromatic carbocycles. The average molecular weight is 283 g/mol. The third-order valence-corrected chi connectivity index (χ3v) is 4.84. The first-order chi connectivity index (χ1) is 10.2. The Bertz CT molecular complexity index is 670. The van der Waals surface area contributed by atoms with Crippen LogP contribution >= 0.6 is 0 Å². The van der Waals surface area contributed by atoms with Gasteiger partial charge < -0.3 is 16.0 Å². The molecule has 0 bridgehead atoms. The second-order valence-electron chi connectivity index (χ2n) is 6.58. The Morgan fingerprint density at radius 2 is 1.95 bits per heavy atom. The van der Waals surface area contributed by atoms with Gasteiger partial charge in [-0.05, 0) is 67.7 Å². The summed E-state index contributed by atoms with van der Waals surface area (Å²) >= 11 is 0. The van der Waals surface area contributed by atoms with Crippen molar-refractivity contribution in [3.8, 4) is 0 Å². The highest BCUT2D eigenvalue weighted by Crippen LogP contribution is 2.48. The van der Waals surface area contributed by atoms with Gasteiger partial charge in [-0.25, -0.2) is 0 Å². The molecule has 2 saturated carbocycles. The van der Waals surface area contributed by atoms with Gasteiger partial charge in [0.15, 0.2) is 0 Å². The Labute approximate surface area is 124 Å². The minimum Gasteiger partial charge on any atom is -0.399 e. The summed E-state index contributed by atoms with van der Waals surface area (Å²) in [6.45, 7) is 0.825. The highest BCUT2D eigenvalue weighted by molar-refractivity contribution is 5.98. The van der Waals surface area contributed by atoms with Crippen LogP contribution in [0.1, 0.15) is 36.2 Å². The van der Waals surface area contributed by atoms with E-state index in [9.17, 15) is 4.79 Å². The number of rotatable bonds is 5. The number of nitrogens with two attached hydrogens (primary N) is 1. The number of nitrogen functional groups attached to an aromatic ring is 1. The van der Waals surface area contributed by atoms with Gasteiger partial charge in [-0.15, -0.1) is 0 Å². The van der Waals surface area contributed by atoms with Gasteiger partial charge in [-0.1, -0.05) is 0 Å². The fourth-order valence-electron chi connectivity index (χ4n) is 3.35. The summed E-state index contributed by atoms with van der Waals surface area (Å²) < 4.78 is 0. The van der Waals surface area contributed by atoms with Gasteiger partial charge >= 0.3 is 0 Å². The lowest BCUT2D eigenvalue weighted by Crippen LogP contribution is -2.31. The lowest BCUT2D eigenvalue weighted by atomic mass is 9.98. The van der Waals surface area contributed by atoms with E-state index >= 15 is 0 Å².